The fourth-order valence-corrected chi connectivity index (χ4v) is 1.90. The Morgan fingerprint density at radius 3 is 2.67 bits per heavy atom. The Kier molecular flexibility index (Phi) is 2.38. The summed E-state index contributed by atoms with van der Waals surface area (Å²) in [6.07, 6.45) is 2.30. The van der Waals surface area contributed by atoms with Crippen LogP contribution in [-0.4, -0.2) is 16.5 Å². The molecule has 0 saturated heterocycles. The van der Waals surface area contributed by atoms with Gasteiger partial charge in [-0.25, -0.2) is 0 Å². The monoisotopic (exact) mass is 168 g/mol. The van der Waals surface area contributed by atoms with Crippen molar-refractivity contribution in [3.8, 4) is 0 Å². The molecule has 0 amide bonds. The highest BCUT2D eigenvalue weighted by Gasteiger charge is 2.43. The smallest absolute Gasteiger partial charge is 0.168 e. The fourth-order valence-electron chi connectivity index (χ4n) is 1.90. The predicted octanol–water partition coefficient (Wildman–Crippen LogP) is 1.68. The Hall–Kier alpha value is -0.630. The van der Waals surface area contributed by atoms with Gasteiger partial charge in [0, 0.05) is 6.42 Å². The van der Waals surface area contributed by atoms with Crippen molar-refractivity contribution in [2.75, 3.05) is 0 Å². The standard InChI is InChI=1S/C10H16O2/c1-7(2)10(12)8(3)5-4-6-9(10)11/h8,12H,1,4-6H2,2-3H3. The summed E-state index contributed by atoms with van der Waals surface area (Å²) in [5, 5.41) is 10.0. The average molecular weight is 168 g/mol. The van der Waals surface area contributed by atoms with Gasteiger partial charge in [0.2, 0.25) is 0 Å². The zero-order valence-electron chi connectivity index (χ0n) is 7.76. The SMILES string of the molecule is C=C(C)C1(O)C(=O)CCCC1C. The van der Waals surface area contributed by atoms with Crippen molar-refractivity contribution in [3.05, 3.63) is 12.2 Å². The van der Waals surface area contributed by atoms with E-state index in [1.807, 2.05) is 6.92 Å². The highest BCUT2D eigenvalue weighted by Crippen LogP contribution is 2.35. The summed E-state index contributed by atoms with van der Waals surface area (Å²) < 4.78 is 0. The molecule has 2 unspecified atom stereocenters. The number of ketones is 1. The average Bonchev–Trinajstić information content (AvgIpc) is 1.99. The summed E-state index contributed by atoms with van der Waals surface area (Å²) in [4.78, 5) is 11.5. The number of hydrogen-bond donors (Lipinski definition) is 1. The third-order valence-corrected chi connectivity index (χ3v) is 2.83. The molecule has 2 atom stereocenters. The zero-order valence-corrected chi connectivity index (χ0v) is 7.76. The second-order valence-electron chi connectivity index (χ2n) is 3.76. The molecule has 1 saturated carbocycles. The Balaban J connectivity index is 2.95. The minimum absolute atomic E-state index is 0.0243. The first-order chi connectivity index (χ1) is 5.49. The van der Waals surface area contributed by atoms with Crippen LogP contribution in [0.15, 0.2) is 12.2 Å². The molecule has 0 heterocycles. The number of rotatable bonds is 1. The van der Waals surface area contributed by atoms with Crippen molar-refractivity contribution < 1.29 is 9.90 Å². The second-order valence-corrected chi connectivity index (χ2v) is 3.76. The van der Waals surface area contributed by atoms with Crippen molar-refractivity contribution in [3.63, 3.8) is 0 Å². The third kappa shape index (κ3) is 1.20. The highest BCUT2D eigenvalue weighted by molar-refractivity contribution is 5.91. The molecule has 1 fully saturated rings. The normalized spacial score (nSPS) is 36.6. The molecule has 0 aromatic carbocycles. The molecule has 2 nitrogen and oxygen atoms in total. The first-order valence-corrected chi connectivity index (χ1v) is 4.41. The second kappa shape index (κ2) is 3.02. The maximum absolute atomic E-state index is 11.5. The van der Waals surface area contributed by atoms with Crippen LogP contribution in [0.1, 0.15) is 33.1 Å². The summed E-state index contributed by atoms with van der Waals surface area (Å²) in [5.41, 5.74) is -0.655. The fraction of sp³-hybridized carbons (Fsp3) is 0.700. The van der Waals surface area contributed by atoms with E-state index in [9.17, 15) is 9.90 Å². The van der Waals surface area contributed by atoms with Crippen molar-refractivity contribution in [1.29, 1.82) is 0 Å². The minimum atomic E-state index is -1.24. The van der Waals surface area contributed by atoms with E-state index in [1.54, 1.807) is 6.92 Å². The van der Waals surface area contributed by atoms with Gasteiger partial charge in [-0.1, -0.05) is 13.5 Å². The van der Waals surface area contributed by atoms with Crippen LogP contribution >= 0.6 is 0 Å². The Labute approximate surface area is 73.3 Å². The van der Waals surface area contributed by atoms with Crippen LogP contribution in [0.5, 0.6) is 0 Å². The van der Waals surface area contributed by atoms with E-state index in [0.29, 0.717) is 12.0 Å². The third-order valence-electron chi connectivity index (χ3n) is 2.83. The Morgan fingerprint density at radius 1 is 1.75 bits per heavy atom. The van der Waals surface area contributed by atoms with Crippen LogP contribution in [0.4, 0.5) is 0 Å². The van der Waals surface area contributed by atoms with Gasteiger partial charge < -0.3 is 5.11 Å². The van der Waals surface area contributed by atoms with Gasteiger partial charge in [0.05, 0.1) is 0 Å². The van der Waals surface area contributed by atoms with Crippen LogP contribution in [0.2, 0.25) is 0 Å². The van der Waals surface area contributed by atoms with E-state index in [0.717, 1.165) is 12.8 Å². The minimum Gasteiger partial charge on any atom is -0.377 e. The topological polar surface area (TPSA) is 37.3 Å². The lowest BCUT2D eigenvalue weighted by atomic mass is 9.72. The molecule has 12 heavy (non-hydrogen) atoms. The lowest BCUT2D eigenvalue weighted by molar-refractivity contribution is -0.141. The molecule has 1 aliphatic rings. The van der Waals surface area contributed by atoms with E-state index in [2.05, 4.69) is 6.58 Å². The molecule has 1 rings (SSSR count). The van der Waals surface area contributed by atoms with Gasteiger partial charge in [-0.2, -0.15) is 0 Å². The van der Waals surface area contributed by atoms with Crippen LogP contribution in [0.3, 0.4) is 0 Å². The van der Waals surface area contributed by atoms with Gasteiger partial charge in [0.25, 0.3) is 0 Å². The summed E-state index contributed by atoms with van der Waals surface area (Å²) in [7, 11) is 0. The van der Waals surface area contributed by atoms with Crippen molar-refractivity contribution in [2.45, 2.75) is 38.7 Å². The summed E-state index contributed by atoms with van der Waals surface area (Å²) >= 11 is 0. The maximum Gasteiger partial charge on any atom is 0.168 e. The number of hydrogen-bond acceptors (Lipinski definition) is 2. The molecule has 2 heteroatoms. The molecule has 0 aromatic heterocycles. The molecular weight excluding hydrogens is 152 g/mol. The molecule has 0 bridgehead atoms. The van der Waals surface area contributed by atoms with E-state index >= 15 is 0 Å². The van der Waals surface area contributed by atoms with Gasteiger partial charge in [-0.15, -0.1) is 0 Å². The predicted molar refractivity (Wildman–Crippen MR) is 47.8 cm³/mol. The Morgan fingerprint density at radius 2 is 2.33 bits per heavy atom. The molecule has 0 aromatic rings. The van der Waals surface area contributed by atoms with Gasteiger partial charge in [-0.3, -0.25) is 4.79 Å². The van der Waals surface area contributed by atoms with Crippen molar-refractivity contribution in [1.82, 2.24) is 0 Å². The highest BCUT2D eigenvalue weighted by atomic mass is 16.3. The number of Topliss-reactive ketones (excluding diaryl/α,β-unsaturated/α-hetero) is 1. The molecule has 1 N–H and O–H groups in total. The van der Waals surface area contributed by atoms with Gasteiger partial charge in [0.1, 0.15) is 5.60 Å². The molecular formula is C10H16O2. The largest absolute Gasteiger partial charge is 0.377 e. The number of aliphatic hydroxyl groups is 1. The molecule has 0 aliphatic heterocycles. The maximum atomic E-state index is 11.5. The first-order valence-electron chi connectivity index (χ1n) is 4.41. The van der Waals surface area contributed by atoms with Crippen LogP contribution < -0.4 is 0 Å². The van der Waals surface area contributed by atoms with E-state index in [-0.39, 0.29) is 11.7 Å². The molecule has 0 spiro atoms. The molecule has 1 aliphatic carbocycles. The number of carbonyl (C=O) groups excluding carboxylic acids is 1. The van der Waals surface area contributed by atoms with Crippen LogP contribution in [0.25, 0.3) is 0 Å². The molecule has 0 radical (unpaired) electrons. The van der Waals surface area contributed by atoms with E-state index < -0.39 is 5.60 Å². The van der Waals surface area contributed by atoms with E-state index in [4.69, 9.17) is 0 Å². The first kappa shape index (κ1) is 9.46. The Bertz CT molecular complexity index is 220. The van der Waals surface area contributed by atoms with Crippen molar-refractivity contribution >= 4 is 5.78 Å². The summed E-state index contributed by atoms with van der Waals surface area (Å²) in [6.45, 7) is 7.31. The van der Waals surface area contributed by atoms with Gasteiger partial charge >= 0.3 is 0 Å². The van der Waals surface area contributed by atoms with Gasteiger partial charge in [-0.05, 0) is 31.3 Å². The van der Waals surface area contributed by atoms with Crippen molar-refractivity contribution in [2.24, 2.45) is 5.92 Å². The lowest BCUT2D eigenvalue weighted by Crippen LogP contribution is -2.48. The van der Waals surface area contributed by atoms with Gasteiger partial charge in [0.15, 0.2) is 5.78 Å². The molecule has 68 valence electrons. The summed E-state index contributed by atoms with van der Waals surface area (Å²) in [6, 6.07) is 0. The quantitative estimate of drug-likeness (QED) is 0.605. The van der Waals surface area contributed by atoms with Crippen LogP contribution in [0, 0.1) is 5.92 Å². The number of carbonyl (C=O) groups is 1. The zero-order chi connectivity index (χ0) is 9.35. The summed E-state index contributed by atoms with van der Waals surface area (Å²) in [5.74, 6) is -0.0370. The van der Waals surface area contributed by atoms with E-state index in [1.165, 1.54) is 0 Å². The van der Waals surface area contributed by atoms with Crippen LogP contribution in [-0.2, 0) is 4.79 Å². The lowest BCUT2D eigenvalue weighted by Gasteiger charge is -2.36.